The van der Waals surface area contributed by atoms with Crippen LogP contribution in [0.1, 0.15) is 29.4 Å². The topological polar surface area (TPSA) is 85.3 Å². The molecule has 3 N–H and O–H groups in total. The average Bonchev–Trinajstić information content (AvgIpc) is 2.96. The highest BCUT2D eigenvalue weighted by molar-refractivity contribution is 7.91. The first-order chi connectivity index (χ1) is 9.29. The molecule has 0 radical (unpaired) electrons. The Morgan fingerprint density at radius 2 is 2.10 bits per heavy atom. The van der Waals surface area contributed by atoms with E-state index in [1.54, 1.807) is 32.0 Å². The largest absolute Gasteiger partial charge is 0.465 e. The summed E-state index contributed by atoms with van der Waals surface area (Å²) in [4.78, 5) is 0.757. The summed E-state index contributed by atoms with van der Waals surface area (Å²) in [5, 5.41) is 0. The molecule has 0 fully saturated rings. The van der Waals surface area contributed by atoms with Gasteiger partial charge in [0.05, 0.1) is 10.9 Å². The second-order valence-electron chi connectivity index (χ2n) is 4.27. The van der Waals surface area contributed by atoms with E-state index in [4.69, 9.17) is 22.4 Å². The first-order valence-corrected chi connectivity index (χ1v) is 8.48. The van der Waals surface area contributed by atoms with Crippen molar-refractivity contribution in [1.29, 1.82) is 0 Å². The predicted octanol–water partition coefficient (Wildman–Crippen LogP) is 2.32. The molecule has 2 heterocycles. The number of sulfonamides is 1. The summed E-state index contributed by atoms with van der Waals surface area (Å²) in [5.41, 5.74) is 5.48. The lowest BCUT2D eigenvalue weighted by atomic mass is 10.3. The van der Waals surface area contributed by atoms with E-state index in [1.807, 2.05) is 0 Å². The first-order valence-electron chi connectivity index (χ1n) is 5.78. The second-order valence-corrected chi connectivity index (χ2v) is 7.74. The molecule has 0 spiro atoms. The van der Waals surface area contributed by atoms with Crippen LogP contribution in [-0.2, 0) is 10.0 Å². The Hall–Kier alpha value is -1.22. The molecule has 8 heteroatoms. The maximum absolute atomic E-state index is 12.2. The summed E-state index contributed by atoms with van der Waals surface area (Å²) >= 11 is 5.87. The highest BCUT2D eigenvalue weighted by Crippen LogP contribution is 2.24. The second kappa shape index (κ2) is 5.65. The molecule has 20 heavy (non-hydrogen) atoms. The molecule has 0 aromatic carbocycles. The van der Waals surface area contributed by atoms with Crippen LogP contribution in [0.3, 0.4) is 0 Å². The van der Waals surface area contributed by atoms with E-state index in [2.05, 4.69) is 4.72 Å². The Balaban J connectivity index is 2.20. The highest BCUT2D eigenvalue weighted by atomic mass is 32.2. The Kier molecular flexibility index (Phi) is 4.28. The maximum Gasteiger partial charge on any atom is 0.250 e. The molecular weight excluding hydrogens is 316 g/mol. The normalized spacial score (nSPS) is 13.3. The molecule has 2 rings (SSSR count). The fourth-order valence-electron chi connectivity index (χ4n) is 1.63. The van der Waals surface area contributed by atoms with Crippen LogP contribution in [0, 0.1) is 6.92 Å². The molecule has 108 valence electrons. The monoisotopic (exact) mass is 330 g/mol. The van der Waals surface area contributed by atoms with Gasteiger partial charge < -0.3 is 10.2 Å². The van der Waals surface area contributed by atoms with Crippen LogP contribution in [0.2, 0.25) is 0 Å². The lowest BCUT2D eigenvalue weighted by molar-refractivity contribution is 0.441. The summed E-state index contributed by atoms with van der Waals surface area (Å²) in [5.74, 6) is 1.30. The van der Waals surface area contributed by atoms with E-state index in [0.29, 0.717) is 10.6 Å². The highest BCUT2D eigenvalue weighted by Gasteiger charge is 2.22. The van der Waals surface area contributed by atoms with Gasteiger partial charge in [0.2, 0.25) is 0 Å². The van der Waals surface area contributed by atoms with Gasteiger partial charge in [-0.05, 0) is 38.1 Å². The third-order valence-corrected chi connectivity index (χ3v) is 6.11. The molecule has 0 aliphatic rings. The Morgan fingerprint density at radius 3 is 2.60 bits per heavy atom. The van der Waals surface area contributed by atoms with Crippen molar-refractivity contribution in [2.24, 2.45) is 5.73 Å². The van der Waals surface area contributed by atoms with Gasteiger partial charge in [-0.3, -0.25) is 0 Å². The molecule has 0 saturated carbocycles. The first kappa shape index (κ1) is 15.2. The van der Waals surface area contributed by atoms with Gasteiger partial charge >= 0.3 is 0 Å². The molecule has 0 bridgehead atoms. The minimum atomic E-state index is -3.62. The SMILES string of the molecule is Cc1ccc(C(C)NS(=O)(=O)c2ccc(C(N)=S)s2)o1. The van der Waals surface area contributed by atoms with E-state index < -0.39 is 16.1 Å². The summed E-state index contributed by atoms with van der Waals surface area (Å²) in [6, 6.07) is 6.17. The zero-order valence-electron chi connectivity index (χ0n) is 10.9. The van der Waals surface area contributed by atoms with Crippen molar-refractivity contribution in [2.75, 3.05) is 0 Å². The van der Waals surface area contributed by atoms with Crippen molar-refractivity contribution < 1.29 is 12.8 Å². The fraction of sp³-hybridized carbons (Fsp3) is 0.250. The molecule has 1 atom stereocenters. The number of thiocarbonyl (C=S) groups is 1. The van der Waals surface area contributed by atoms with Gasteiger partial charge in [0, 0.05) is 0 Å². The predicted molar refractivity (Wildman–Crippen MR) is 82.4 cm³/mol. The minimum absolute atomic E-state index is 0.176. The molecule has 1 unspecified atom stereocenters. The molecule has 0 aliphatic heterocycles. The lowest BCUT2D eigenvalue weighted by Crippen LogP contribution is -2.25. The van der Waals surface area contributed by atoms with Crippen LogP contribution < -0.4 is 10.5 Å². The maximum atomic E-state index is 12.2. The zero-order chi connectivity index (χ0) is 14.9. The van der Waals surface area contributed by atoms with E-state index in [9.17, 15) is 8.42 Å². The summed E-state index contributed by atoms with van der Waals surface area (Å²) in [6.07, 6.45) is 0. The molecule has 2 aromatic heterocycles. The molecule has 0 aliphatic carbocycles. The number of thiophene rings is 1. The Labute approximate surface area is 126 Å². The van der Waals surface area contributed by atoms with Crippen LogP contribution in [0.25, 0.3) is 0 Å². The molecule has 0 saturated heterocycles. The van der Waals surface area contributed by atoms with Crippen molar-refractivity contribution in [3.8, 4) is 0 Å². The third-order valence-electron chi connectivity index (χ3n) is 2.61. The minimum Gasteiger partial charge on any atom is -0.465 e. The molecule has 2 aromatic rings. The van der Waals surface area contributed by atoms with E-state index in [0.717, 1.165) is 17.1 Å². The number of furan rings is 1. The van der Waals surface area contributed by atoms with Gasteiger partial charge in [0.25, 0.3) is 10.0 Å². The van der Waals surface area contributed by atoms with Crippen LogP contribution >= 0.6 is 23.6 Å². The number of hydrogen-bond donors (Lipinski definition) is 2. The van der Waals surface area contributed by atoms with Gasteiger partial charge in [0.1, 0.15) is 20.7 Å². The number of rotatable bonds is 5. The quantitative estimate of drug-likeness (QED) is 0.822. The van der Waals surface area contributed by atoms with Crippen molar-refractivity contribution in [3.05, 3.63) is 40.7 Å². The number of nitrogens with two attached hydrogens (primary N) is 1. The van der Waals surface area contributed by atoms with Gasteiger partial charge in [-0.25, -0.2) is 13.1 Å². The van der Waals surface area contributed by atoms with E-state index >= 15 is 0 Å². The number of aryl methyl sites for hydroxylation is 1. The van der Waals surface area contributed by atoms with Crippen LogP contribution in [0.4, 0.5) is 0 Å². The number of hydrogen-bond acceptors (Lipinski definition) is 5. The summed E-state index contributed by atoms with van der Waals surface area (Å²) in [6.45, 7) is 3.52. The Morgan fingerprint density at radius 1 is 1.40 bits per heavy atom. The summed E-state index contributed by atoms with van der Waals surface area (Å²) < 4.78 is 32.6. The Bertz CT molecular complexity index is 731. The van der Waals surface area contributed by atoms with Crippen molar-refractivity contribution >= 4 is 38.6 Å². The van der Waals surface area contributed by atoms with Crippen molar-refractivity contribution in [2.45, 2.75) is 24.1 Å². The average molecular weight is 330 g/mol. The van der Waals surface area contributed by atoms with Crippen molar-refractivity contribution in [1.82, 2.24) is 4.72 Å². The molecule has 5 nitrogen and oxygen atoms in total. The van der Waals surface area contributed by atoms with Gasteiger partial charge in [0.15, 0.2) is 0 Å². The van der Waals surface area contributed by atoms with Crippen LogP contribution in [0.5, 0.6) is 0 Å². The van der Waals surface area contributed by atoms with Crippen LogP contribution in [-0.4, -0.2) is 13.4 Å². The van der Waals surface area contributed by atoms with Crippen molar-refractivity contribution in [3.63, 3.8) is 0 Å². The zero-order valence-corrected chi connectivity index (χ0v) is 13.4. The summed E-state index contributed by atoms with van der Waals surface area (Å²) in [7, 11) is -3.62. The smallest absolute Gasteiger partial charge is 0.250 e. The van der Waals surface area contributed by atoms with Gasteiger partial charge in [-0.15, -0.1) is 11.3 Å². The van der Waals surface area contributed by atoms with E-state index in [1.165, 1.54) is 6.07 Å². The third kappa shape index (κ3) is 3.26. The number of nitrogens with one attached hydrogen (secondary N) is 1. The van der Waals surface area contributed by atoms with Gasteiger partial charge in [-0.2, -0.15) is 0 Å². The fourth-order valence-corrected chi connectivity index (χ4v) is 4.21. The molecular formula is C12H14N2O3S3. The standard InChI is InChI=1S/C12H14N2O3S3/c1-7-3-4-9(17-7)8(2)14-20(15,16)11-6-5-10(19-11)12(13)18/h3-6,8,14H,1-2H3,(H2,13,18). The molecule has 0 amide bonds. The van der Waals surface area contributed by atoms with Gasteiger partial charge in [-0.1, -0.05) is 12.2 Å². The van der Waals surface area contributed by atoms with E-state index in [-0.39, 0.29) is 9.20 Å². The van der Waals surface area contributed by atoms with Crippen LogP contribution in [0.15, 0.2) is 32.9 Å². The lowest BCUT2D eigenvalue weighted by Gasteiger charge is -2.10.